The summed E-state index contributed by atoms with van der Waals surface area (Å²) in [5, 5.41) is 8.94. The van der Waals surface area contributed by atoms with Gasteiger partial charge in [0.25, 0.3) is 0 Å². The van der Waals surface area contributed by atoms with Crippen LogP contribution in [0.4, 0.5) is 4.39 Å². The van der Waals surface area contributed by atoms with E-state index in [-0.39, 0.29) is 10.7 Å². The number of benzene rings is 1. The van der Waals surface area contributed by atoms with Crippen LogP contribution in [-0.4, -0.2) is 9.97 Å². The Morgan fingerprint density at radius 1 is 1.11 bits per heavy atom. The first-order valence-electron chi connectivity index (χ1n) is 4.87. The first-order chi connectivity index (χ1) is 8.67. The van der Waals surface area contributed by atoms with Gasteiger partial charge in [-0.05, 0) is 24.1 Å². The minimum absolute atomic E-state index is 0.219. The second kappa shape index (κ2) is 5.27. The van der Waals surface area contributed by atoms with Crippen molar-refractivity contribution in [2.24, 2.45) is 0 Å². The van der Waals surface area contributed by atoms with E-state index in [9.17, 15) is 4.39 Å². The Morgan fingerprint density at radius 3 is 2.61 bits per heavy atom. The lowest BCUT2D eigenvalue weighted by molar-refractivity contribution is 0.627. The van der Waals surface area contributed by atoms with E-state index in [1.54, 1.807) is 0 Å². The van der Waals surface area contributed by atoms with Crippen LogP contribution in [0.2, 0.25) is 5.15 Å². The third kappa shape index (κ3) is 3.04. The van der Waals surface area contributed by atoms with E-state index in [0.717, 1.165) is 6.07 Å². The highest BCUT2D eigenvalue weighted by Gasteiger charge is 1.98. The van der Waals surface area contributed by atoms with Gasteiger partial charge in [-0.2, -0.15) is 5.26 Å². The first-order valence-corrected chi connectivity index (χ1v) is 5.25. The third-order valence-corrected chi connectivity index (χ3v) is 2.15. The van der Waals surface area contributed by atoms with Crippen molar-refractivity contribution in [3.63, 3.8) is 0 Å². The molecule has 0 amide bonds. The van der Waals surface area contributed by atoms with Gasteiger partial charge in [-0.1, -0.05) is 17.5 Å². The van der Waals surface area contributed by atoms with Crippen LogP contribution in [0.1, 0.15) is 16.8 Å². The van der Waals surface area contributed by atoms with Gasteiger partial charge < -0.3 is 0 Å². The summed E-state index contributed by atoms with van der Waals surface area (Å²) in [6, 6.07) is 5.74. The predicted octanol–water partition coefficient (Wildman–Crippen LogP) is 2.54. The molecule has 18 heavy (non-hydrogen) atoms. The number of nitriles is 1. The van der Waals surface area contributed by atoms with Crippen molar-refractivity contribution in [1.82, 2.24) is 9.97 Å². The van der Waals surface area contributed by atoms with Gasteiger partial charge in [-0.25, -0.2) is 9.37 Å². The lowest BCUT2D eigenvalue weighted by Crippen LogP contribution is -1.86. The minimum Gasteiger partial charge on any atom is -0.259 e. The number of aromatic nitrogens is 2. The van der Waals surface area contributed by atoms with Gasteiger partial charge >= 0.3 is 0 Å². The summed E-state index contributed by atoms with van der Waals surface area (Å²) in [5.74, 6) is 4.89. The Balaban J connectivity index is 2.36. The molecule has 0 bridgehead atoms. The molecule has 1 aromatic carbocycles. The Bertz CT molecular complexity index is 695. The van der Waals surface area contributed by atoms with Crippen LogP contribution in [0.5, 0.6) is 0 Å². The molecular weight excluding hydrogens is 253 g/mol. The minimum atomic E-state index is -0.504. The van der Waals surface area contributed by atoms with Gasteiger partial charge in [-0.3, -0.25) is 4.98 Å². The van der Waals surface area contributed by atoms with E-state index >= 15 is 0 Å². The average molecular weight is 258 g/mol. The average Bonchev–Trinajstić information content (AvgIpc) is 2.36. The van der Waals surface area contributed by atoms with Crippen LogP contribution in [0.3, 0.4) is 0 Å². The third-order valence-electron chi connectivity index (χ3n) is 1.97. The van der Waals surface area contributed by atoms with Crippen LogP contribution in [0, 0.1) is 29.0 Å². The van der Waals surface area contributed by atoms with Gasteiger partial charge in [0.05, 0.1) is 24.0 Å². The van der Waals surface area contributed by atoms with Crippen molar-refractivity contribution in [2.45, 2.75) is 0 Å². The molecule has 0 N–H and O–H groups in total. The van der Waals surface area contributed by atoms with Gasteiger partial charge in [0.2, 0.25) is 0 Å². The van der Waals surface area contributed by atoms with Crippen molar-refractivity contribution in [3.05, 3.63) is 58.4 Å². The van der Waals surface area contributed by atoms with E-state index < -0.39 is 5.82 Å². The zero-order valence-corrected chi connectivity index (χ0v) is 9.74. The SMILES string of the molecule is N#Cc1cc(F)cc(C#Cc2cncc(Cl)n2)c1. The second-order valence-electron chi connectivity index (χ2n) is 3.32. The zero-order chi connectivity index (χ0) is 13.0. The standard InChI is InChI=1S/C13H5ClFN3/c14-13-8-17-7-12(18-13)2-1-9-3-10(6-16)5-11(15)4-9/h3-5,7-8H. The van der Waals surface area contributed by atoms with E-state index in [2.05, 4.69) is 21.8 Å². The molecule has 1 aromatic heterocycles. The van der Waals surface area contributed by atoms with Gasteiger partial charge in [0.1, 0.15) is 16.7 Å². The molecule has 0 aliphatic heterocycles. The molecule has 2 aromatic rings. The number of hydrogen-bond acceptors (Lipinski definition) is 3. The second-order valence-corrected chi connectivity index (χ2v) is 3.70. The molecule has 0 radical (unpaired) electrons. The van der Waals surface area contributed by atoms with Crippen LogP contribution in [0.25, 0.3) is 0 Å². The van der Waals surface area contributed by atoms with E-state index in [4.69, 9.17) is 16.9 Å². The van der Waals surface area contributed by atoms with Gasteiger partial charge in [0, 0.05) is 5.56 Å². The summed E-state index contributed by atoms with van der Waals surface area (Å²) < 4.78 is 13.1. The van der Waals surface area contributed by atoms with Crippen LogP contribution < -0.4 is 0 Å². The van der Waals surface area contributed by atoms with Crippen molar-refractivity contribution < 1.29 is 4.39 Å². The molecule has 0 atom stereocenters. The molecule has 0 aliphatic carbocycles. The summed E-state index contributed by atoms with van der Waals surface area (Å²) >= 11 is 5.66. The molecule has 1 heterocycles. The van der Waals surface area contributed by atoms with Crippen molar-refractivity contribution >= 4 is 11.6 Å². The molecule has 0 saturated carbocycles. The fourth-order valence-electron chi connectivity index (χ4n) is 1.26. The summed E-state index contributed by atoms with van der Waals surface area (Å²) in [4.78, 5) is 7.75. The Labute approximate surface area is 108 Å². The monoisotopic (exact) mass is 257 g/mol. The highest BCUT2D eigenvalue weighted by Crippen LogP contribution is 2.07. The maximum Gasteiger partial charge on any atom is 0.148 e. The predicted molar refractivity (Wildman–Crippen MR) is 64.1 cm³/mol. The highest BCUT2D eigenvalue weighted by molar-refractivity contribution is 6.29. The van der Waals surface area contributed by atoms with E-state index in [1.165, 1.54) is 24.5 Å². The van der Waals surface area contributed by atoms with Gasteiger partial charge in [-0.15, -0.1) is 0 Å². The lowest BCUT2D eigenvalue weighted by Gasteiger charge is -1.93. The summed E-state index contributed by atoms with van der Waals surface area (Å²) in [5.41, 5.74) is 0.995. The quantitative estimate of drug-likeness (QED) is 0.682. The maximum absolute atomic E-state index is 13.1. The Kier molecular flexibility index (Phi) is 3.52. The first kappa shape index (κ1) is 12.0. The van der Waals surface area contributed by atoms with Crippen LogP contribution in [-0.2, 0) is 0 Å². The molecule has 0 spiro atoms. The molecule has 0 unspecified atom stereocenters. The fraction of sp³-hybridized carbons (Fsp3) is 0. The molecule has 0 fully saturated rings. The van der Waals surface area contributed by atoms with E-state index in [1.807, 2.05) is 6.07 Å². The summed E-state index contributed by atoms with van der Waals surface area (Å²) in [6.07, 6.45) is 2.84. The summed E-state index contributed by atoms with van der Waals surface area (Å²) in [7, 11) is 0. The van der Waals surface area contributed by atoms with Crippen molar-refractivity contribution in [1.29, 1.82) is 5.26 Å². The smallest absolute Gasteiger partial charge is 0.148 e. The Morgan fingerprint density at radius 2 is 1.89 bits per heavy atom. The lowest BCUT2D eigenvalue weighted by atomic mass is 10.1. The maximum atomic E-state index is 13.1. The number of halogens is 2. The molecule has 0 saturated heterocycles. The molecule has 5 heteroatoms. The zero-order valence-electron chi connectivity index (χ0n) is 8.98. The number of hydrogen-bond donors (Lipinski definition) is 0. The topological polar surface area (TPSA) is 49.6 Å². The highest BCUT2D eigenvalue weighted by atomic mass is 35.5. The van der Waals surface area contributed by atoms with Crippen LogP contribution in [0.15, 0.2) is 30.6 Å². The summed E-state index contributed by atoms with van der Waals surface area (Å²) in [6.45, 7) is 0. The molecule has 3 nitrogen and oxygen atoms in total. The van der Waals surface area contributed by atoms with Crippen LogP contribution >= 0.6 is 11.6 Å². The molecule has 0 aliphatic rings. The fourth-order valence-corrected chi connectivity index (χ4v) is 1.41. The number of nitrogens with zero attached hydrogens (tertiary/aromatic N) is 3. The van der Waals surface area contributed by atoms with Crippen molar-refractivity contribution in [3.8, 4) is 17.9 Å². The molecule has 2 rings (SSSR count). The Hall–Kier alpha value is -2.43. The van der Waals surface area contributed by atoms with E-state index in [0.29, 0.717) is 11.3 Å². The van der Waals surface area contributed by atoms with Crippen molar-refractivity contribution in [2.75, 3.05) is 0 Å². The molecule has 86 valence electrons. The number of rotatable bonds is 0. The normalized spacial score (nSPS) is 9.17. The van der Waals surface area contributed by atoms with Gasteiger partial charge in [0.15, 0.2) is 0 Å². The largest absolute Gasteiger partial charge is 0.259 e. The molecular formula is C13H5ClFN3.